The van der Waals surface area contributed by atoms with Gasteiger partial charge in [-0.1, -0.05) is 23.8 Å². The monoisotopic (exact) mass is 217 g/mol. The highest BCUT2D eigenvalue weighted by Gasteiger charge is 2.30. The summed E-state index contributed by atoms with van der Waals surface area (Å²) in [6, 6.07) is 7.32. The Balaban J connectivity index is 1.94. The molecule has 0 saturated carbocycles. The zero-order chi connectivity index (χ0) is 11.0. The Morgan fingerprint density at radius 3 is 3.12 bits per heavy atom. The van der Waals surface area contributed by atoms with Crippen LogP contribution in [0, 0.1) is 6.92 Å². The molecule has 1 aromatic rings. The van der Waals surface area contributed by atoms with Crippen LogP contribution in [-0.2, 0) is 11.2 Å². The zero-order valence-corrected chi connectivity index (χ0v) is 9.83. The third kappa shape index (κ3) is 1.76. The Morgan fingerprint density at radius 1 is 1.38 bits per heavy atom. The highest BCUT2D eigenvalue weighted by molar-refractivity contribution is 5.35. The van der Waals surface area contributed by atoms with Crippen molar-refractivity contribution in [3.8, 4) is 0 Å². The Hall–Kier alpha value is -0.860. The van der Waals surface area contributed by atoms with Gasteiger partial charge in [-0.3, -0.25) is 0 Å². The molecule has 1 aromatic carbocycles. The first-order valence-corrected chi connectivity index (χ1v) is 6.29. The number of fused-ring (bicyclic) bond motifs is 1. The molecule has 2 nitrogen and oxygen atoms in total. The molecular weight excluding hydrogens is 198 g/mol. The van der Waals surface area contributed by atoms with E-state index in [1.165, 1.54) is 29.5 Å². The molecule has 2 heterocycles. The number of hydrogen-bond donors (Lipinski definition) is 1. The fourth-order valence-corrected chi connectivity index (χ4v) is 2.90. The first-order valence-electron chi connectivity index (χ1n) is 6.29. The lowest BCUT2D eigenvalue weighted by Gasteiger charge is -2.30. The third-order valence-electron chi connectivity index (χ3n) is 3.74. The zero-order valence-electron chi connectivity index (χ0n) is 9.83. The predicted octanol–water partition coefficient (Wildman–Crippen LogP) is 2.36. The molecule has 1 fully saturated rings. The van der Waals surface area contributed by atoms with Gasteiger partial charge in [-0.15, -0.1) is 0 Å². The van der Waals surface area contributed by atoms with E-state index in [1.54, 1.807) is 0 Å². The van der Waals surface area contributed by atoms with Crippen molar-refractivity contribution in [2.75, 3.05) is 13.2 Å². The standard InChI is InChI=1S/C14H19NO/c1-10-4-5-11-6-8-16-14(12(11)9-10)13-3-2-7-15-13/h4-5,9,13-15H,2-3,6-8H2,1H3/t13-,14-/m0/s1. The summed E-state index contributed by atoms with van der Waals surface area (Å²) < 4.78 is 5.98. The molecule has 1 saturated heterocycles. The molecule has 2 heteroatoms. The second-order valence-electron chi connectivity index (χ2n) is 4.95. The number of hydrogen-bond acceptors (Lipinski definition) is 2. The van der Waals surface area contributed by atoms with Crippen LogP contribution in [-0.4, -0.2) is 19.2 Å². The van der Waals surface area contributed by atoms with Gasteiger partial charge in [0.25, 0.3) is 0 Å². The largest absolute Gasteiger partial charge is 0.372 e. The van der Waals surface area contributed by atoms with Gasteiger partial charge in [0.2, 0.25) is 0 Å². The van der Waals surface area contributed by atoms with E-state index in [0.29, 0.717) is 6.04 Å². The van der Waals surface area contributed by atoms with Crippen molar-refractivity contribution < 1.29 is 4.74 Å². The molecule has 0 spiro atoms. The fourth-order valence-electron chi connectivity index (χ4n) is 2.90. The van der Waals surface area contributed by atoms with Gasteiger partial charge < -0.3 is 10.1 Å². The Labute approximate surface area is 97.0 Å². The molecule has 0 bridgehead atoms. The number of rotatable bonds is 1. The van der Waals surface area contributed by atoms with Gasteiger partial charge in [-0.05, 0) is 43.9 Å². The second-order valence-corrected chi connectivity index (χ2v) is 4.95. The van der Waals surface area contributed by atoms with Gasteiger partial charge in [0.15, 0.2) is 0 Å². The number of benzene rings is 1. The number of ether oxygens (including phenoxy) is 1. The fraction of sp³-hybridized carbons (Fsp3) is 0.571. The molecule has 0 unspecified atom stereocenters. The summed E-state index contributed by atoms with van der Waals surface area (Å²) in [7, 11) is 0. The van der Waals surface area contributed by atoms with Gasteiger partial charge in [-0.2, -0.15) is 0 Å². The second kappa shape index (κ2) is 4.19. The molecule has 16 heavy (non-hydrogen) atoms. The summed E-state index contributed by atoms with van der Waals surface area (Å²) in [5.74, 6) is 0. The maximum Gasteiger partial charge on any atom is 0.0980 e. The van der Waals surface area contributed by atoms with Crippen molar-refractivity contribution in [2.24, 2.45) is 0 Å². The molecule has 2 atom stereocenters. The topological polar surface area (TPSA) is 21.3 Å². The smallest absolute Gasteiger partial charge is 0.0980 e. The molecule has 86 valence electrons. The van der Waals surface area contributed by atoms with E-state index in [0.717, 1.165) is 19.6 Å². The minimum atomic E-state index is 0.283. The van der Waals surface area contributed by atoms with Crippen molar-refractivity contribution in [1.29, 1.82) is 0 Å². The van der Waals surface area contributed by atoms with Crippen LogP contribution in [0.5, 0.6) is 0 Å². The summed E-state index contributed by atoms with van der Waals surface area (Å²) in [5, 5.41) is 3.56. The van der Waals surface area contributed by atoms with Crippen molar-refractivity contribution in [2.45, 2.75) is 38.3 Å². The first kappa shape index (κ1) is 10.3. The van der Waals surface area contributed by atoms with Gasteiger partial charge >= 0.3 is 0 Å². The molecule has 1 N–H and O–H groups in total. The maximum absolute atomic E-state index is 5.98. The molecule has 2 aliphatic heterocycles. The summed E-state index contributed by atoms with van der Waals surface area (Å²) in [4.78, 5) is 0. The van der Waals surface area contributed by atoms with E-state index in [9.17, 15) is 0 Å². The highest BCUT2D eigenvalue weighted by Crippen LogP contribution is 2.33. The SMILES string of the molecule is Cc1ccc2c(c1)[C@@H]([C@@H]1CCCN1)OCC2. The van der Waals surface area contributed by atoms with Gasteiger partial charge in [0.1, 0.15) is 0 Å². The first-order chi connectivity index (χ1) is 7.84. The summed E-state index contributed by atoms with van der Waals surface area (Å²) in [5.41, 5.74) is 4.24. The molecular formula is C14H19NO. The Morgan fingerprint density at radius 2 is 2.31 bits per heavy atom. The molecule has 0 aliphatic carbocycles. The van der Waals surface area contributed by atoms with Crippen LogP contribution in [0.1, 0.15) is 35.6 Å². The summed E-state index contributed by atoms with van der Waals surface area (Å²) in [6.07, 6.45) is 3.88. The van der Waals surface area contributed by atoms with E-state index in [4.69, 9.17) is 4.74 Å². The third-order valence-corrected chi connectivity index (χ3v) is 3.74. The Bertz CT molecular complexity index is 382. The minimum Gasteiger partial charge on any atom is -0.372 e. The number of aryl methyl sites for hydroxylation is 1. The van der Waals surface area contributed by atoms with Gasteiger partial charge in [0, 0.05) is 6.04 Å². The van der Waals surface area contributed by atoms with Crippen LogP contribution in [0.15, 0.2) is 18.2 Å². The van der Waals surface area contributed by atoms with Crippen LogP contribution in [0.2, 0.25) is 0 Å². The molecule has 2 aliphatic rings. The van der Waals surface area contributed by atoms with E-state index in [-0.39, 0.29) is 6.10 Å². The molecule has 0 amide bonds. The summed E-state index contributed by atoms with van der Waals surface area (Å²) >= 11 is 0. The maximum atomic E-state index is 5.98. The van der Waals surface area contributed by atoms with Crippen molar-refractivity contribution in [3.05, 3.63) is 34.9 Å². The lowest BCUT2D eigenvalue weighted by atomic mass is 9.91. The van der Waals surface area contributed by atoms with Crippen LogP contribution in [0.3, 0.4) is 0 Å². The average Bonchev–Trinajstić information content (AvgIpc) is 2.81. The molecule has 3 rings (SSSR count). The lowest BCUT2D eigenvalue weighted by Crippen LogP contribution is -2.33. The Kier molecular flexibility index (Phi) is 2.70. The molecule has 0 radical (unpaired) electrons. The van der Waals surface area contributed by atoms with E-state index >= 15 is 0 Å². The van der Waals surface area contributed by atoms with E-state index < -0.39 is 0 Å². The van der Waals surface area contributed by atoms with E-state index in [2.05, 4.69) is 30.4 Å². The van der Waals surface area contributed by atoms with Gasteiger partial charge in [-0.25, -0.2) is 0 Å². The lowest BCUT2D eigenvalue weighted by molar-refractivity contribution is 0.0199. The normalized spacial score (nSPS) is 29.1. The molecule has 0 aromatic heterocycles. The van der Waals surface area contributed by atoms with Crippen LogP contribution < -0.4 is 5.32 Å². The number of nitrogens with one attached hydrogen (secondary N) is 1. The van der Waals surface area contributed by atoms with Crippen LogP contribution >= 0.6 is 0 Å². The highest BCUT2D eigenvalue weighted by atomic mass is 16.5. The van der Waals surface area contributed by atoms with Gasteiger partial charge in [0.05, 0.1) is 12.7 Å². The average molecular weight is 217 g/mol. The minimum absolute atomic E-state index is 0.283. The predicted molar refractivity (Wildman–Crippen MR) is 64.6 cm³/mol. The van der Waals surface area contributed by atoms with Crippen molar-refractivity contribution in [3.63, 3.8) is 0 Å². The van der Waals surface area contributed by atoms with Crippen LogP contribution in [0.25, 0.3) is 0 Å². The van der Waals surface area contributed by atoms with Crippen molar-refractivity contribution in [1.82, 2.24) is 5.32 Å². The van der Waals surface area contributed by atoms with E-state index in [1.807, 2.05) is 0 Å². The van der Waals surface area contributed by atoms with Crippen LogP contribution in [0.4, 0.5) is 0 Å². The summed E-state index contributed by atoms with van der Waals surface area (Å²) in [6.45, 7) is 4.18. The van der Waals surface area contributed by atoms with Crippen molar-refractivity contribution >= 4 is 0 Å². The quantitative estimate of drug-likeness (QED) is 0.779.